The van der Waals surface area contributed by atoms with Crippen molar-refractivity contribution in [1.82, 2.24) is 25.1 Å². The maximum atomic E-state index is 13.0. The summed E-state index contributed by atoms with van der Waals surface area (Å²) in [5.41, 5.74) is 4.30. The lowest BCUT2D eigenvalue weighted by Gasteiger charge is -2.41. The third-order valence-electron chi connectivity index (χ3n) is 5.28. The van der Waals surface area contributed by atoms with Gasteiger partial charge in [-0.05, 0) is 53.6 Å². The number of piperazine rings is 1. The Morgan fingerprint density at radius 3 is 2.57 bits per heavy atom. The normalized spacial score (nSPS) is 17.0. The van der Waals surface area contributed by atoms with Crippen molar-refractivity contribution in [2.45, 2.75) is 26.4 Å². The predicted molar refractivity (Wildman–Crippen MR) is 107 cm³/mol. The number of rotatable bonds is 4. The summed E-state index contributed by atoms with van der Waals surface area (Å²) in [4.78, 5) is 17.4. The van der Waals surface area contributed by atoms with Crippen LogP contribution in [0.1, 0.15) is 28.4 Å². The van der Waals surface area contributed by atoms with E-state index in [0.29, 0.717) is 6.54 Å². The minimum atomic E-state index is 0.0888. The number of para-hydroxylation sites is 1. The molecule has 0 bridgehead atoms. The molecule has 0 unspecified atom stereocenters. The van der Waals surface area contributed by atoms with Gasteiger partial charge in [0.1, 0.15) is 6.33 Å². The molecule has 0 radical (unpaired) electrons. The van der Waals surface area contributed by atoms with Crippen LogP contribution in [-0.4, -0.2) is 56.7 Å². The molecule has 3 aromatic rings. The topological polar surface area (TPSA) is 67.2 Å². The molecule has 28 heavy (non-hydrogen) atoms. The van der Waals surface area contributed by atoms with E-state index < -0.39 is 0 Å². The van der Waals surface area contributed by atoms with Crippen molar-refractivity contribution in [1.29, 1.82) is 0 Å². The van der Waals surface area contributed by atoms with Gasteiger partial charge in [0.05, 0.1) is 6.54 Å². The number of nitrogens with zero attached hydrogens (tertiary/aromatic N) is 6. The predicted octanol–water partition coefficient (Wildman–Crippen LogP) is 2.38. The van der Waals surface area contributed by atoms with Gasteiger partial charge in [-0.2, -0.15) is 0 Å². The van der Waals surface area contributed by atoms with Crippen LogP contribution in [0.2, 0.25) is 0 Å². The summed E-state index contributed by atoms with van der Waals surface area (Å²) in [5, 5.41) is 11.1. The lowest BCUT2D eigenvalue weighted by atomic mass is 10.1. The summed E-state index contributed by atoms with van der Waals surface area (Å²) >= 11 is 0. The van der Waals surface area contributed by atoms with E-state index in [1.54, 1.807) is 11.0 Å². The van der Waals surface area contributed by atoms with Gasteiger partial charge in [0.25, 0.3) is 5.91 Å². The molecule has 1 atom stereocenters. The number of hydrogen-bond donors (Lipinski definition) is 0. The first-order chi connectivity index (χ1) is 13.6. The Bertz CT molecular complexity index is 938. The molecule has 1 aromatic heterocycles. The number of benzene rings is 2. The number of tetrazole rings is 1. The first kappa shape index (κ1) is 18.2. The minimum Gasteiger partial charge on any atom is -0.367 e. The van der Waals surface area contributed by atoms with Crippen molar-refractivity contribution in [3.63, 3.8) is 0 Å². The van der Waals surface area contributed by atoms with E-state index in [-0.39, 0.29) is 11.9 Å². The molecular formula is C21H24N6O. The van der Waals surface area contributed by atoms with Crippen LogP contribution in [0.15, 0.2) is 54.9 Å². The van der Waals surface area contributed by atoms with Crippen LogP contribution in [0.25, 0.3) is 0 Å². The van der Waals surface area contributed by atoms with Crippen LogP contribution >= 0.6 is 0 Å². The Kier molecular flexibility index (Phi) is 5.06. The molecule has 1 fully saturated rings. The molecule has 2 heterocycles. The molecule has 4 rings (SSSR count). The zero-order valence-electron chi connectivity index (χ0n) is 16.2. The number of carbonyl (C=O) groups excluding carboxylic acids is 1. The highest BCUT2D eigenvalue weighted by Crippen LogP contribution is 2.23. The number of aryl methyl sites for hydroxylation is 1. The van der Waals surface area contributed by atoms with Crippen molar-refractivity contribution >= 4 is 11.6 Å². The second-order valence-corrected chi connectivity index (χ2v) is 7.28. The monoisotopic (exact) mass is 376 g/mol. The van der Waals surface area contributed by atoms with Crippen LogP contribution in [-0.2, 0) is 6.54 Å². The SMILES string of the molecule is Cc1ccccc1N1CCN(C(=O)c2ccc(Cn3cnnn3)cc2)[C@@H](C)C1. The smallest absolute Gasteiger partial charge is 0.254 e. The molecule has 0 spiro atoms. The fourth-order valence-electron chi connectivity index (χ4n) is 3.75. The van der Waals surface area contributed by atoms with Crippen molar-refractivity contribution in [3.8, 4) is 0 Å². The van der Waals surface area contributed by atoms with E-state index in [2.05, 4.69) is 58.5 Å². The van der Waals surface area contributed by atoms with Crippen LogP contribution in [0, 0.1) is 6.92 Å². The summed E-state index contributed by atoms with van der Waals surface area (Å²) in [6, 6.07) is 16.3. The van der Waals surface area contributed by atoms with Crippen LogP contribution < -0.4 is 4.90 Å². The van der Waals surface area contributed by atoms with Gasteiger partial charge in [-0.15, -0.1) is 5.10 Å². The molecule has 0 N–H and O–H groups in total. The largest absolute Gasteiger partial charge is 0.367 e. The van der Waals surface area contributed by atoms with Crippen molar-refractivity contribution in [3.05, 3.63) is 71.5 Å². The Hall–Kier alpha value is -3.22. The molecule has 1 saturated heterocycles. The second kappa shape index (κ2) is 7.80. The van der Waals surface area contributed by atoms with Gasteiger partial charge >= 0.3 is 0 Å². The van der Waals surface area contributed by atoms with E-state index in [1.807, 2.05) is 29.2 Å². The highest BCUT2D eigenvalue weighted by Gasteiger charge is 2.28. The van der Waals surface area contributed by atoms with Crippen molar-refractivity contribution < 1.29 is 4.79 Å². The van der Waals surface area contributed by atoms with Gasteiger partial charge in [-0.25, -0.2) is 4.68 Å². The molecule has 1 aliphatic heterocycles. The third-order valence-corrected chi connectivity index (χ3v) is 5.28. The van der Waals surface area contributed by atoms with Crippen molar-refractivity contribution in [2.24, 2.45) is 0 Å². The number of anilines is 1. The number of hydrogen-bond acceptors (Lipinski definition) is 5. The molecule has 144 valence electrons. The Morgan fingerprint density at radius 1 is 1.11 bits per heavy atom. The Morgan fingerprint density at radius 2 is 1.89 bits per heavy atom. The van der Waals surface area contributed by atoms with Gasteiger partial charge < -0.3 is 9.80 Å². The molecule has 1 amide bonds. The molecule has 1 aliphatic rings. The number of amides is 1. The van der Waals surface area contributed by atoms with Gasteiger partial charge in [-0.3, -0.25) is 4.79 Å². The van der Waals surface area contributed by atoms with E-state index >= 15 is 0 Å². The average molecular weight is 376 g/mol. The first-order valence-electron chi connectivity index (χ1n) is 9.53. The average Bonchev–Trinajstić information content (AvgIpc) is 3.21. The zero-order valence-corrected chi connectivity index (χ0v) is 16.2. The van der Waals surface area contributed by atoms with E-state index in [4.69, 9.17) is 0 Å². The lowest BCUT2D eigenvalue weighted by molar-refractivity contribution is 0.0674. The van der Waals surface area contributed by atoms with Gasteiger partial charge in [-0.1, -0.05) is 30.3 Å². The minimum absolute atomic E-state index is 0.0888. The molecule has 7 heteroatoms. The maximum Gasteiger partial charge on any atom is 0.254 e. The van der Waals surface area contributed by atoms with Crippen LogP contribution in [0.5, 0.6) is 0 Å². The number of carbonyl (C=O) groups is 1. The highest BCUT2D eigenvalue weighted by molar-refractivity contribution is 5.94. The fourth-order valence-corrected chi connectivity index (χ4v) is 3.75. The summed E-state index contributed by atoms with van der Waals surface area (Å²) < 4.78 is 1.66. The molecular weight excluding hydrogens is 352 g/mol. The third kappa shape index (κ3) is 3.74. The van der Waals surface area contributed by atoms with E-state index in [9.17, 15) is 4.79 Å². The van der Waals surface area contributed by atoms with Crippen LogP contribution in [0.3, 0.4) is 0 Å². The van der Waals surface area contributed by atoms with E-state index in [0.717, 1.165) is 30.8 Å². The summed E-state index contributed by atoms with van der Waals surface area (Å²) in [6.45, 7) is 7.25. The summed E-state index contributed by atoms with van der Waals surface area (Å²) in [5.74, 6) is 0.0888. The lowest BCUT2D eigenvalue weighted by Crippen LogP contribution is -2.54. The second-order valence-electron chi connectivity index (χ2n) is 7.28. The first-order valence-corrected chi connectivity index (χ1v) is 9.53. The number of aromatic nitrogens is 4. The summed E-state index contributed by atoms with van der Waals surface area (Å²) in [7, 11) is 0. The maximum absolute atomic E-state index is 13.0. The molecule has 0 aliphatic carbocycles. The van der Waals surface area contributed by atoms with Crippen LogP contribution in [0.4, 0.5) is 5.69 Å². The van der Waals surface area contributed by atoms with Gasteiger partial charge in [0.15, 0.2) is 0 Å². The fraction of sp³-hybridized carbons (Fsp3) is 0.333. The standard InChI is InChI=1S/C21H24N6O/c1-16-5-3-4-6-20(16)25-11-12-27(17(2)13-25)21(28)19-9-7-18(8-10-19)14-26-15-22-23-24-26/h3-10,15,17H,11-14H2,1-2H3/t17-/m0/s1. The quantitative estimate of drug-likeness (QED) is 0.699. The summed E-state index contributed by atoms with van der Waals surface area (Å²) in [6.07, 6.45) is 1.58. The zero-order chi connectivity index (χ0) is 19.5. The van der Waals surface area contributed by atoms with Crippen molar-refractivity contribution in [2.75, 3.05) is 24.5 Å². The molecule has 0 saturated carbocycles. The van der Waals surface area contributed by atoms with E-state index in [1.165, 1.54) is 11.3 Å². The Balaban J connectivity index is 1.42. The molecule has 2 aromatic carbocycles. The Labute approximate surface area is 164 Å². The highest BCUT2D eigenvalue weighted by atomic mass is 16.2. The molecule has 7 nitrogen and oxygen atoms in total. The van der Waals surface area contributed by atoms with Gasteiger partial charge in [0, 0.05) is 36.9 Å². The van der Waals surface area contributed by atoms with Gasteiger partial charge in [0.2, 0.25) is 0 Å².